The van der Waals surface area contributed by atoms with E-state index in [1.807, 2.05) is 20.8 Å². The number of nitrogens with zero attached hydrogens (tertiary/aromatic N) is 5. The molecule has 0 aromatic carbocycles. The van der Waals surface area contributed by atoms with Gasteiger partial charge >= 0.3 is 0 Å². The van der Waals surface area contributed by atoms with Gasteiger partial charge in [-0.25, -0.2) is 10.5 Å². The van der Waals surface area contributed by atoms with Crippen LogP contribution in [0.4, 0.5) is 11.8 Å². The van der Waals surface area contributed by atoms with Crippen molar-refractivity contribution < 1.29 is 19.8 Å². The molecule has 3 rings (SSSR count). The van der Waals surface area contributed by atoms with Gasteiger partial charge in [0.15, 0.2) is 17.0 Å². The van der Waals surface area contributed by atoms with Gasteiger partial charge < -0.3 is 25.6 Å². The highest BCUT2D eigenvalue weighted by atomic mass is 16.7. The Morgan fingerprint density at radius 2 is 1.94 bits per heavy atom. The smallest absolute Gasteiger partial charge is 0.254 e. The van der Waals surface area contributed by atoms with Crippen LogP contribution in [0.3, 0.4) is 0 Å². The minimum Gasteiger partial charge on any atom is -0.394 e. The first-order valence-electron chi connectivity index (χ1n) is 10.4. The summed E-state index contributed by atoms with van der Waals surface area (Å²) in [6.45, 7) is 6.55. The van der Waals surface area contributed by atoms with Gasteiger partial charge in [-0.05, 0) is 13.1 Å². The molecule has 0 saturated carbocycles. The second-order valence-electron chi connectivity index (χ2n) is 7.41. The van der Waals surface area contributed by atoms with E-state index < -0.39 is 30.4 Å². The van der Waals surface area contributed by atoms with Gasteiger partial charge in [-0.15, -0.1) is 0 Å². The normalized spacial score (nSPS) is 28.5. The van der Waals surface area contributed by atoms with Gasteiger partial charge in [0.05, 0.1) is 6.61 Å². The highest BCUT2D eigenvalue weighted by Crippen LogP contribution is 2.44. The van der Waals surface area contributed by atoms with Crippen molar-refractivity contribution in [2.45, 2.75) is 44.6 Å². The lowest BCUT2D eigenvalue weighted by molar-refractivity contribution is -0.270. The maximum atomic E-state index is 11.2. The van der Waals surface area contributed by atoms with E-state index >= 15 is 0 Å². The van der Waals surface area contributed by atoms with Crippen molar-refractivity contribution in [3.63, 3.8) is 0 Å². The van der Waals surface area contributed by atoms with Crippen LogP contribution in [0.5, 0.6) is 0 Å². The van der Waals surface area contributed by atoms with E-state index in [-0.39, 0.29) is 5.82 Å². The Labute approximate surface area is 180 Å². The summed E-state index contributed by atoms with van der Waals surface area (Å²) in [4.78, 5) is 21.1. The number of nitrogens with one attached hydrogen (secondary N) is 3. The van der Waals surface area contributed by atoms with Crippen LogP contribution in [0.15, 0.2) is 6.33 Å². The first-order chi connectivity index (χ1) is 14.8. The molecule has 13 nitrogen and oxygen atoms in total. The van der Waals surface area contributed by atoms with E-state index in [1.165, 1.54) is 6.33 Å². The number of nitrogens with two attached hydrogens (primary N) is 1. The zero-order valence-corrected chi connectivity index (χ0v) is 18.6. The number of fused-ring (bicyclic) bond motifs is 1. The Kier molecular flexibility index (Phi) is 6.95. The van der Waals surface area contributed by atoms with Crippen LogP contribution in [0.2, 0.25) is 0 Å². The van der Waals surface area contributed by atoms with Crippen LogP contribution in [0.1, 0.15) is 20.8 Å². The highest BCUT2D eigenvalue weighted by molar-refractivity contribution is 5.83. The number of imidazole rings is 1. The average molecular weight is 440 g/mol. The highest BCUT2D eigenvalue weighted by Gasteiger charge is 2.69. The van der Waals surface area contributed by atoms with Crippen molar-refractivity contribution in [1.82, 2.24) is 35.6 Å². The minimum absolute atomic E-state index is 0.206. The number of hydroxylamine groups is 1. The molecule has 0 amide bonds. The van der Waals surface area contributed by atoms with Gasteiger partial charge in [0, 0.05) is 20.6 Å². The number of aromatic nitrogens is 4. The summed E-state index contributed by atoms with van der Waals surface area (Å²) in [5.41, 5.74) is 8.19. The monoisotopic (exact) mass is 439 g/mol. The summed E-state index contributed by atoms with van der Waals surface area (Å²) in [5.74, 6) is -0.943. The van der Waals surface area contributed by atoms with E-state index in [0.29, 0.717) is 36.7 Å². The number of rotatable bonds is 10. The van der Waals surface area contributed by atoms with E-state index in [2.05, 4.69) is 31.1 Å². The Morgan fingerprint density at radius 1 is 1.23 bits per heavy atom. The Hall–Kier alpha value is -2.13. The lowest BCUT2D eigenvalue weighted by Gasteiger charge is -2.45. The van der Waals surface area contributed by atoms with Gasteiger partial charge in [0.2, 0.25) is 11.7 Å². The largest absolute Gasteiger partial charge is 0.394 e. The quantitative estimate of drug-likeness (QED) is 0.183. The third-order valence-electron chi connectivity index (χ3n) is 5.16. The zero-order chi connectivity index (χ0) is 22.8. The number of likely N-dealkylation sites (N-methyl/N-ethyl adjacent to an activating group) is 2. The van der Waals surface area contributed by atoms with E-state index in [4.69, 9.17) is 15.3 Å². The maximum Gasteiger partial charge on any atom is 0.254 e. The second-order valence-corrected chi connectivity index (χ2v) is 7.41. The van der Waals surface area contributed by atoms with Crippen LogP contribution in [-0.4, -0.2) is 88.0 Å². The zero-order valence-electron chi connectivity index (χ0n) is 18.6. The molecule has 1 fully saturated rings. The standard InChI is InChI=1S/C18H33N9O4/c1-6-21-17(31-23-8-3)13(29)11(9-28)30-18(17,22-7-2)27-10-20-12-14(19)24-16(26(4)5)25-15(12)27/h10-11,13,21-23,28-29H,6-9H2,1-5H3,(H2,19,24,25)/t11-,13-,17-,18+/m1/s1. The number of anilines is 2. The number of hydrogen-bond donors (Lipinski definition) is 6. The first kappa shape index (κ1) is 23.5. The van der Waals surface area contributed by atoms with Gasteiger partial charge in [-0.1, -0.05) is 20.8 Å². The van der Waals surface area contributed by atoms with E-state index in [1.54, 1.807) is 23.6 Å². The predicted molar refractivity (Wildman–Crippen MR) is 115 cm³/mol. The lowest BCUT2D eigenvalue weighted by atomic mass is 9.99. The molecule has 1 aliphatic heterocycles. The summed E-state index contributed by atoms with van der Waals surface area (Å²) < 4.78 is 7.90. The van der Waals surface area contributed by atoms with Crippen LogP contribution in [0.25, 0.3) is 11.2 Å². The topological polar surface area (TPSA) is 168 Å². The third-order valence-corrected chi connectivity index (χ3v) is 5.16. The molecular weight excluding hydrogens is 406 g/mol. The molecule has 7 N–H and O–H groups in total. The van der Waals surface area contributed by atoms with Gasteiger partial charge in [0.25, 0.3) is 5.85 Å². The average Bonchev–Trinajstić information content (AvgIpc) is 3.27. The lowest BCUT2D eigenvalue weighted by Crippen LogP contribution is -2.73. The van der Waals surface area contributed by atoms with Crippen LogP contribution < -0.4 is 26.7 Å². The third kappa shape index (κ3) is 3.61. The summed E-state index contributed by atoms with van der Waals surface area (Å²) in [6, 6.07) is 0. The molecule has 0 spiro atoms. The fourth-order valence-corrected chi connectivity index (χ4v) is 3.88. The molecule has 31 heavy (non-hydrogen) atoms. The number of ether oxygens (including phenoxy) is 1. The fourth-order valence-electron chi connectivity index (χ4n) is 3.88. The summed E-state index contributed by atoms with van der Waals surface area (Å²) in [6.07, 6.45) is -0.701. The number of aliphatic hydroxyl groups is 2. The second kappa shape index (κ2) is 9.16. The van der Waals surface area contributed by atoms with E-state index in [9.17, 15) is 10.2 Å². The minimum atomic E-state index is -1.55. The molecule has 1 aliphatic rings. The molecule has 4 atom stereocenters. The molecule has 13 heteroatoms. The predicted octanol–water partition coefficient (Wildman–Crippen LogP) is -1.71. The molecule has 0 aliphatic carbocycles. The number of aliphatic hydroxyl groups excluding tert-OH is 2. The molecule has 0 unspecified atom stereocenters. The molecule has 1 saturated heterocycles. The Morgan fingerprint density at radius 3 is 2.52 bits per heavy atom. The molecular formula is C18H33N9O4. The molecule has 174 valence electrons. The van der Waals surface area contributed by atoms with E-state index in [0.717, 1.165) is 0 Å². The Bertz CT molecular complexity index is 894. The van der Waals surface area contributed by atoms with Crippen molar-refractivity contribution in [3.8, 4) is 0 Å². The number of hydrogen-bond acceptors (Lipinski definition) is 12. The van der Waals surface area contributed by atoms with Crippen molar-refractivity contribution in [3.05, 3.63) is 6.33 Å². The Balaban J connectivity index is 2.32. The van der Waals surface area contributed by atoms with Crippen LogP contribution >= 0.6 is 0 Å². The first-order valence-corrected chi connectivity index (χ1v) is 10.4. The molecule has 2 aromatic rings. The molecule has 2 aromatic heterocycles. The van der Waals surface area contributed by atoms with Gasteiger partial charge in [-0.2, -0.15) is 9.97 Å². The fraction of sp³-hybridized carbons (Fsp3) is 0.722. The van der Waals surface area contributed by atoms with Crippen molar-refractivity contribution >= 4 is 22.9 Å². The van der Waals surface area contributed by atoms with Crippen molar-refractivity contribution in [2.24, 2.45) is 0 Å². The van der Waals surface area contributed by atoms with Crippen molar-refractivity contribution in [2.75, 3.05) is 51.0 Å². The van der Waals surface area contributed by atoms with Crippen LogP contribution in [-0.2, 0) is 15.4 Å². The SMILES string of the molecule is CCNO[C@]1(NCC)[C@H](O)[C@@H](CO)O[C@@]1(NCC)n1cnc2c(N)nc(N(C)C)nc21. The van der Waals surface area contributed by atoms with Crippen LogP contribution in [0, 0.1) is 0 Å². The maximum absolute atomic E-state index is 11.2. The van der Waals surface area contributed by atoms with Gasteiger partial charge in [-0.3, -0.25) is 20.0 Å². The summed E-state index contributed by atoms with van der Waals surface area (Å²) in [7, 11) is 3.60. The van der Waals surface area contributed by atoms with Crippen molar-refractivity contribution in [1.29, 1.82) is 0 Å². The van der Waals surface area contributed by atoms with Gasteiger partial charge in [0.1, 0.15) is 18.5 Å². The molecule has 0 radical (unpaired) electrons. The summed E-state index contributed by atoms with van der Waals surface area (Å²) in [5, 5.41) is 27.7. The molecule has 3 heterocycles. The molecule has 0 bridgehead atoms. The number of nitrogen functional groups attached to an aromatic ring is 1. The summed E-state index contributed by atoms with van der Waals surface area (Å²) >= 11 is 0.